The Labute approximate surface area is 119 Å². The fourth-order valence-electron chi connectivity index (χ4n) is 2.28. The van der Waals surface area contributed by atoms with Crippen LogP contribution in [0.25, 0.3) is 0 Å². The van der Waals surface area contributed by atoms with Crippen molar-refractivity contribution >= 4 is 5.91 Å². The molecule has 1 aromatic carbocycles. The van der Waals surface area contributed by atoms with Crippen molar-refractivity contribution in [3.63, 3.8) is 0 Å². The lowest BCUT2D eigenvalue weighted by Crippen LogP contribution is -2.48. The van der Waals surface area contributed by atoms with Crippen LogP contribution in [0, 0.1) is 5.82 Å². The van der Waals surface area contributed by atoms with E-state index in [0.717, 1.165) is 32.7 Å². The van der Waals surface area contributed by atoms with Gasteiger partial charge >= 0.3 is 0 Å². The number of amides is 1. The van der Waals surface area contributed by atoms with Crippen LogP contribution in [-0.2, 0) is 4.79 Å². The third-order valence-electron chi connectivity index (χ3n) is 3.58. The van der Waals surface area contributed by atoms with Gasteiger partial charge in [-0.1, -0.05) is 19.1 Å². The Morgan fingerprint density at radius 1 is 1.25 bits per heavy atom. The average Bonchev–Trinajstić information content (AvgIpc) is 2.49. The van der Waals surface area contributed by atoms with Gasteiger partial charge in [-0.15, -0.1) is 0 Å². The molecular weight excluding hydrogens is 259 g/mol. The first kappa shape index (κ1) is 14.8. The maximum atomic E-state index is 13.3. The lowest BCUT2D eigenvalue weighted by Gasteiger charge is -2.34. The molecule has 0 aromatic heterocycles. The fraction of sp³-hybridized carbons (Fsp3) is 0.533. The van der Waals surface area contributed by atoms with Gasteiger partial charge in [-0.3, -0.25) is 4.79 Å². The van der Waals surface area contributed by atoms with E-state index in [4.69, 9.17) is 4.74 Å². The minimum atomic E-state index is -0.392. The van der Waals surface area contributed by atoms with Gasteiger partial charge in [0, 0.05) is 26.2 Å². The summed E-state index contributed by atoms with van der Waals surface area (Å²) in [6.07, 6.45) is 0.292. The van der Waals surface area contributed by atoms with Gasteiger partial charge in [0.2, 0.25) is 5.91 Å². The minimum Gasteiger partial charge on any atom is -0.490 e. The van der Waals surface area contributed by atoms with Gasteiger partial charge in [0.05, 0.1) is 13.0 Å². The van der Waals surface area contributed by atoms with E-state index in [0.29, 0.717) is 6.42 Å². The van der Waals surface area contributed by atoms with Gasteiger partial charge in [0.15, 0.2) is 11.6 Å². The van der Waals surface area contributed by atoms with Crippen molar-refractivity contribution in [3.05, 3.63) is 30.1 Å². The van der Waals surface area contributed by atoms with Gasteiger partial charge in [-0.05, 0) is 18.7 Å². The smallest absolute Gasteiger partial charge is 0.226 e. The molecule has 1 aromatic rings. The van der Waals surface area contributed by atoms with Crippen LogP contribution in [0.1, 0.15) is 13.3 Å². The van der Waals surface area contributed by atoms with Crippen LogP contribution in [0.4, 0.5) is 4.39 Å². The first-order valence-electron chi connectivity index (χ1n) is 7.08. The van der Waals surface area contributed by atoms with Crippen molar-refractivity contribution in [3.8, 4) is 5.75 Å². The van der Waals surface area contributed by atoms with Crippen molar-refractivity contribution in [2.24, 2.45) is 0 Å². The van der Waals surface area contributed by atoms with Gasteiger partial charge in [0.25, 0.3) is 0 Å². The lowest BCUT2D eigenvalue weighted by molar-refractivity contribution is -0.133. The molecule has 0 N–H and O–H groups in total. The van der Waals surface area contributed by atoms with Gasteiger partial charge in [-0.25, -0.2) is 4.39 Å². The van der Waals surface area contributed by atoms with Crippen LogP contribution >= 0.6 is 0 Å². The summed E-state index contributed by atoms with van der Waals surface area (Å²) >= 11 is 0. The van der Waals surface area contributed by atoms with Crippen LogP contribution in [0.3, 0.4) is 0 Å². The SMILES string of the molecule is CCN1CCN(C(=O)CCOc2ccccc2F)CC1. The lowest BCUT2D eigenvalue weighted by atomic mass is 10.3. The highest BCUT2D eigenvalue weighted by Crippen LogP contribution is 2.15. The minimum absolute atomic E-state index is 0.0806. The molecule has 5 heteroatoms. The molecule has 0 aliphatic carbocycles. The number of ether oxygens (including phenoxy) is 1. The third kappa shape index (κ3) is 3.93. The topological polar surface area (TPSA) is 32.8 Å². The number of hydrogen-bond acceptors (Lipinski definition) is 3. The summed E-state index contributed by atoms with van der Waals surface area (Å²) in [4.78, 5) is 16.2. The summed E-state index contributed by atoms with van der Waals surface area (Å²) in [6.45, 7) is 6.76. The molecule has 1 heterocycles. The van der Waals surface area contributed by atoms with E-state index in [1.807, 2.05) is 4.90 Å². The molecule has 1 amide bonds. The summed E-state index contributed by atoms with van der Waals surface area (Å²) in [5.74, 6) is -0.107. The van der Waals surface area contributed by atoms with Crippen LogP contribution in [0.2, 0.25) is 0 Å². The van der Waals surface area contributed by atoms with Crippen LogP contribution in [-0.4, -0.2) is 55.0 Å². The Morgan fingerprint density at radius 2 is 1.95 bits per heavy atom. The van der Waals surface area contributed by atoms with E-state index in [9.17, 15) is 9.18 Å². The van der Waals surface area contributed by atoms with Crippen molar-refractivity contribution in [2.75, 3.05) is 39.3 Å². The van der Waals surface area contributed by atoms with Crippen molar-refractivity contribution in [2.45, 2.75) is 13.3 Å². The van der Waals surface area contributed by atoms with Crippen molar-refractivity contribution < 1.29 is 13.9 Å². The molecule has 0 saturated carbocycles. The standard InChI is InChI=1S/C15H21FN2O2/c1-2-17-8-10-18(11-9-17)15(19)7-12-20-14-6-4-3-5-13(14)16/h3-6H,2,7-12H2,1H3. The molecule has 4 nitrogen and oxygen atoms in total. The number of para-hydroxylation sites is 1. The van der Waals surface area contributed by atoms with Crippen LogP contribution in [0.15, 0.2) is 24.3 Å². The Hall–Kier alpha value is -1.62. The van der Waals surface area contributed by atoms with E-state index in [2.05, 4.69) is 11.8 Å². The second kappa shape index (κ2) is 7.24. The Bertz CT molecular complexity index is 445. The number of carbonyl (C=O) groups is 1. The molecule has 0 unspecified atom stereocenters. The molecular formula is C15H21FN2O2. The molecule has 2 rings (SSSR count). The summed E-state index contributed by atoms with van der Waals surface area (Å²) < 4.78 is 18.6. The van der Waals surface area contributed by atoms with Crippen molar-refractivity contribution in [1.29, 1.82) is 0 Å². The molecule has 20 heavy (non-hydrogen) atoms. The highest BCUT2D eigenvalue weighted by Gasteiger charge is 2.19. The normalized spacial score (nSPS) is 16.2. The molecule has 0 bridgehead atoms. The monoisotopic (exact) mass is 280 g/mol. The first-order chi connectivity index (χ1) is 9.70. The zero-order chi connectivity index (χ0) is 14.4. The summed E-state index contributed by atoms with van der Waals surface area (Å²) in [7, 11) is 0. The molecule has 1 fully saturated rings. The highest BCUT2D eigenvalue weighted by atomic mass is 19.1. The molecule has 1 saturated heterocycles. The molecule has 110 valence electrons. The maximum Gasteiger partial charge on any atom is 0.226 e. The second-order valence-electron chi connectivity index (χ2n) is 4.84. The van der Waals surface area contributed by atoms with E-state index < -0.39 is 5.82 Å². The number of piperazine rings is 1. The number of halogens is 1. The number of benzene rings is 1. The van der Waals surface area contributed by atoms with E-state index in [1.165, 1.54) is 6.07 Å². The zero-order valence-electron chi connectivity index (χ0n) is 11.8. The van der Waals surface area contributed by atoms with Gasteiger partial charge in [-0.2, -0.15) is 0 Å². The fourth-order valence-corrected chi connectivity index (χ4v) is 2.28. The number of hydrogen-bond donors (Lipinski definition) is 0. The predicted molar refractivity (Wildman–Crippen MR) is 75.2 cm³/mol. The quantitative estimate of drug-likeness (QED) is 0.824. The molecule has 1 aliphatic heterocycles. The van der Waals surface area contributed by atoms with E-state index in [1.54, 1.807) is 18.2 Å². The first-order valence-corrected chi connectivity index (χ1v) is 7.08. The molecule has 0 radical (unpaired) electrons. The number of carbonyl (C=O) groups excluding carboxylic acids is 1. The number of likely N-dealkylation sites (N-methyl/N-ethyl adjacent to an activating group) is 1. The predicted octanol–water partition coefficient (Wildman–Crippen LogP) is 1.76. The van der Waals surface area contributed by atoms with Crippen molar-refractivity contribution in [1.82, 2.24) is 9.80 Å². The number of nitrogens with zero attached hydrogens (tertiary/aromatic N) is 2. The van der Waals surface area contributed by atoms with Gasteiger partial charge < -0.3 is 14.5 Å². The second-order valence-corrected chi connectivity index (χ2v) is 4.84. The highest BCUT2D eigenvalue weighted by molar-refractivity contribution is 5.76. The molecule has 0 spiro atoms. The zero-order valence-corrected chi connectivity index (χ0v) is 11.8. The van der Waals surface area contributed by atoms with E-state index >= 15 is 0 Å². The Kier molecular flexibility index (Phi) is 5.35. The molecule has 1 aliphatic rings. The summed E-state index contributed by atoms with van der Waals surface area (Å²) in [6, 6.07) is 6.24. The van der Waals surface area contributed by atoms with Crippen LogP contribution in [0.5, 0.6) is 5.75 Å². The third-order valence-corrected chi connectivity index (χ3v) is 3.58. The van der Waals surface area contributed by atoms with Gasteiger partial charge in [0.1, 0.15) is 0 Å². The molecule has 0 atom stereocenters. The number of rotatable bonds is 5. The Morgan fingerprint density at radius 3 is 2.60 bits per heavy atom. The average molecular weight is 280 g/mol. The van der Waals surface area contributed by atoms with Crippen LogP contribution < -0.4 is 4.74 Å². The largest absolute Gasteiger partial charge is 0.490 e. The van der Waals surface area contributed by atoms with E-state index in [-0.39, 0.29) is 18.3 Å². The Balaban J connectivity index is 1.72. The summed E-state index contributed by atoms with van der Waals surface area (Å²) in [5, 5.41) is 0. The maximum absolute atomic E-state index is 13.3. The summed E-state index contributed by atoms with van der Waals surface area (Å²) in [5.41, 5.74) is 0.